The minimum absolute atomic E-state index is 0.569. The number of methoxy groups -OCH3 is 3. The molecule has 0 bridgehead atoms. The lowest BCUT2D eigenvalue weighted by atomic mass is 10.1. The predicted octanol–water partition coefficient (Wildman–Crippen LogP) is 3.77. The van der Waals surface area contributed by atoms with E-state index >= 15 is 0 Å². The third kappa shape index (κ3) is 5.12. The fourth-order valence-corrected chi connectivity index (χ4v) is 2.55. The van der Waals surface area contributed by atoms with Crippen LogP contribution in [-0.4, -0.2) is 27.4 Å². The second kappa shape index (κ2) is 9.50. The molecule has 0 heterocycles. The van der Waals surface area contributed by atoms with E-state index in [1.165, 1.54) is 25.7 Å². The molecule has 0 atom stereocenters. The van der Waals surface area contributed by atoms with Gasteiger partial charge in [-0.3, -0.25) is 0 Å². The molecule has 0 aliphatic rings. The third-order valence-corrected chi connectivity index (χ3v) is 3.59. The molecule has 4 nitrogen and oxygen atoms in total. The van der Waals surface area contributed by atoms with Crippen LogP contribution < -0.4 is 19.5 Å². The van der Waals surface area contributed by atoms with Gasteiger partial charge in [-0.2, -0.15) is 0 Å². The van der Waals surface area contributed by atoms with Gasteiger partial charge in [0, 0.05) is 12.6 Å². The summed E-state index contributed by atoms with van der Waals surface area (Å²) >= 11 is 0. The Morgan fingerprint density at radius 3 is 1.81 bits per heavy atom. The third-order valence-electron chi connectivity index (χ3n) is 3.59. The molecule has 120 valence electrons. The van der Waals surface area contributed by atoms with E-state index in [0.717, 1.165) is 12.1 Å². The number of hydrogen-bond acceptors (Lipinski definition) is 4. The minimum Gasteiger partial charge on any atom is -0.493 e. The standard InChI is InChI=1S/C17H29NO3/c1-6-8-14(9-7-2)18-12-13-10-15(19-3)17(21-5)16(11-13)20-4/h10-11,14,18H,6-9,12H2,1-5H3. The van der Waals surface area contributed by atoms with Crippen molar-refractivity contribution in [1.82, 2.24) is 5.32 Å². The summed E-state index contributed by atoms with van der Waals surface area (Å²) in [5.41, 5.74) is 1.14. The highest BCUT2D eigenvalue weighted by molar-refractivity contribution is 5.53. The van der Waals surface area contributed by atoms with Crippen LogP contribution in [0.15, 0.2) is 12.1 Å². The Bertz CT molecular complexity index is 389. The molecule has 0 aliphatic heterocycles. The van der Waals surface area contributed by atoms with Crippen LogP contribution in [0.5, 0.6) is 17.2 Å². The lowest BCUT2D eigenvalue weighted by molar-refractivity contribution is 0.323. The predicted molar refractivity (Wildman–Crippen MR) is 86.5 cm³/mol. The zero-order valence-corrected chi connectivity index (χ0v) is 14.0. The largest absolute Gasteiger partial charge is 0.493 e. The zero-order valence-electron chi connectivity index (χ0n) is 14.0. The summed E-state index contributed by atoms with van der Waals surface area (Å²) in [6, 6.07) is 4.58. The van der Waals surface area contributed by atoms with Gasteiger partial charge in [0.15, 0.2) is 11.5 Å². The Hall–Kier alpha value is -1.42. The maximum atomic E-state index is 5.39. The Kier molecular flexibility index (Phi) is 7.98. The van der Waals surface area contributed by atoms with Crippen molar-refractivity contribution in [2.24, 2.45) is 0 Å². The number of hydrogen-bond donors (Lipinski definition) is 1. The van der Waals surface area contributed by atoms with Gasteiger partial charge in [-0.15, -0.1) is 0 Å². The fourth-order valence-electron chi connectivity index (χ4n) is 2.55. The quantitative estimate of drug-likeness (QED) is 0.713. The van der Waals surface area contributed by atoms with E-state index in [1.807, 2.05) is 12.1 Å². The average molecular weight is 295 g/mol. The van der Waals surface area contributed by atoms with Gasteiger partial charge in [0.25, 0.3) is 0 Å². The highest BCUT2D eigenvalue weighted by Crippen LogP contribution is 2.38. The first-order valence-corrected chi connectivity index (χ1v) is 7.72. The second-order valence-electron chi connectivity index (χ2n) is 5.19. The number of ether oxygens (including phenoxy) is 3. The molecule has 0 fully saturated rings. The SMILES string of the molecule is CCCC(CCC)NCc1cc(OC)c(OC)c(OC)c1. The molecule has 1 aromatic carbocycles. The molecular weight excluding hydrogens is 266 g/mol. The van der Waals surface area contributed by atoms with Gasteiger partial charge in [-0.05, 0) is 30.5 Å². The molecule has 0 spiro atoms. The summed E-state index contributed by atoms with van der Waals surface area (Å²) in [6.07, 6.45) is 4.82. The summed E-state index contributed by atoms with van der Waals surface area (Å²) in [5.74, 6) is 2.05. The molecule has 1 aromatic rings. The van der Waals surface area contributed by atoms with Crippen LogP contribution in [0.3, 0.4) is 0 Å². The molecule has 0 amide bonds. The Morgan fingerprint density at radius 1 is 0.905 bits per heavy atom. The summed E-state index contributed by atoms with van der Waals surface area (Å²) < 4.78 is 16.1. The van der Waals surface area contributed by atoms with Crippen LogP contribution in [0.4, 0.5) is 0 Å². The van der Waals surface area contributed by atoms with E-state index in [0.29, 0.717) is 23.3 Å². The Morgan fingerprint density at radius 2 is 1.43 bits per heavy atom. The van der Waals surface area contributed by atoms with Crippen LogP contribution in [0.1, 0.15) is 45.1 Å². The minimum atomic E-state index is 0.569. The van der Waals surface area contributed by atoms with E-state index in [9.17, 15) is 0 Å². The van der Waals surface area contributed by atoms with Gasteiger partial charge in [0.05, 0.1) is 21.3 Å². The average Bonchev–Trinajstić information content (AvgIpc) is 2.51. The number of benzene rings is 1. The molecule has 4 heteroatoms. The first-order valence-electron chi connectivity index (χ1n) is 7.72. The normalized spacial score (nSPS) is 10.8. The molecule has 0 aromatic heterocycles. The number of nitrogens with one attached hydrogen (secondary N) is 1. The van der Waals surface area contributed by atoms with E-state index < -0.39 is 0 Å². The molecule has 0 unspecified atom stereocenters. The summed E-state index contributed by atoms with van der Waals surface area (Å²) in [6.45, 7) is 5.26. The van der Waals surface area contributed by atoms with Crippen LogP contribution in [0, 0.1) is 0 Å². The smallest absolute Gasteiger partial charge is 0.203 e. The highest BCUT2D eigenvalue weighted by atomic mass is 16.5. The lowest BCUT2D eigenvalue weighted by Gasteiger charge is -2.19. The first kappa shape index (κ1) is 17.6. The van der Waals surface area contributed by atoms with Crippen LogP contribution >= 0.6 is 0 Å². The van der Waals surface area contributed by atoms with Crippen molar-refractivity contribution in [2.45, 2.75) is 52.1 Å². The van der Waals surface area contributed by atoms with Gasteiger partial charge in [-0.25, -0.2) is 0 Å². The molecule has 21 heavy (non-hydrogen) atoms. The fraction of sp³-hybridized carbons (Fsp3) is 0.647. The maximum Gasteiger partial charge on any atom is 0.203 e. The van der Waals surface area contributed by atoms with Gasteiger partial charge in [0.2, 0.25) is 5.75 Å². The topological polar surface area (TPSA) is 39.7 Å². The summed E-state index contributed by atoms with van der Waals surface area (Å²) in [7, 11) is 4.91. The summed E-state index contributed by atoms with van der Waals surface area (Å²) in [4.78, 5) is 0. The zero-order chi connectivity index (χ0) is 15.7. The van der Waals surface area contributed by atoms with Crippen molar-refractivity contribution >= 4 is 0 Å². The highest BCUT2D eigenvalue weighted by Gasteiger charge is 2.14. The van der Waals surface area contributed by atoms with E-state index in [-0.39, 0.29) is 0 Å². The van der Waals surface area contributed by atoms with Crippen molar-refractivity contribution < 1.29 is 14.2 Å². The van der Waals surface area contributed by atoms with Crippen LogP contribution in [-0.2, 0) is 6.54 Å². The first-order chi connectivity index (χ1) is 10.2. The Balaban J connectivity index is 2.83. The molecular formula is C17H29NO3. The van der Waals surface area contributed by atoms with E-state index in [1.54, 1.807) is 21.3 Å². The van der Waals surface area contributed by atoms with Crippen LogP contribution in [0.2, 0.25) is 0 Å². The molecule has 1 N–H and O–H groups in total. The van der Waals surface area contributed by atoms with Crippen molar-refractivity contribution in [3.8, 4) is 17.2 Å². The molecule has 0 saturated heterocycles. The summed E-state index contributed by atoms with van der Waals surface area (Å²) in [5, 5.41) is 3.63. The van der Waals surface area contributed by atoms with Gasteiger partial charge in [0.1, 0.15) is 0 Å². The van der Waals surface area contributed by atoms with Crippen LogP contribution in [0.25, 0.3) is 0 Å². The van der Waals surface area contributed by atoms with E-state index in [4.69, 9.17) is 14.2 Å². The van der Waals surface area contributed by atoms with E-state index in [2.05, 4.69) is 19.2 Å². The second-order valence-corrected chi connectivity index (χ2v) is 5.19. The monoisotopic (exact) mass is 295 g/mol. The molecule has 0 radical (unpaired) electrons. The van der Waals surface area contributed by atoms with Crippen molar-refractivity contribution in [2.75, 3.05) is 21.3 Å². The maximum absolute atomic E-state index is 5.39. The van der Waals surface area contributed by atoms with Gasteiger partial charge in [-0.1, -0.05) is 26.7 Å². The molecule has 0 aliphatic carbocycles. The molecule has 1 rings (SSSR count). The van der Waals surface area contributed by atoms with Crippen molar-refractivity contribution in [3.63, 3.8) is 0 Å². The van der Waals surface area contributed by atoms with Crippen molar-refractivity contribution in [3.05, 3.63) is 17.7 Å². The van der Waals surface area contributed by atoms with Gasteiger partial charge >= 0.3 is 0 Å². The van der Waals surface area contributed by atoms with Gasteiger partial charge < -0.3 is 19.5 Å². The molecule has 0 saturated carbocycles. The number of rotatable bonds is 10. The Labute approximate surface area is 128 Å². The lowest BCUT2D eigenvalue weighted by Crippen LogP contribution is -2.28. The van der Waals surface area contributed by atoms with Crippen molar-refractivity contribution in [1.29, 1.82) is 0 Å².